The predicted octanol–water partition coefficient (Wildman–Crippen LogP) is 2.98. The van der Waals surface area contributed by atoms with Crippen LogP contribution in [0.2, 0.25) is 0 Å². The number of amides is 1. The van der Waals surface area contributed by atoms with Crippen LogP contribution in [0, 0.1) is 0 Å². The second kappa shape index (κ2) is 5.54. The number of fused-ring (bicyclic) bond motifs is 1. The lowest BCUT2D eigenvalue weighted by molar-refractivity contribution is -0.117. The lowest BCUT2D eigenvalue weighted by Crippen LogP contribution is -2.21. The van der Waals surface area contributed by atoms with Crippen LogP contribution in [0.1, 0.15) is 11.1 Å². The number of hydroxylamine groups is 1. The van der Waals surface area contributed by atoms with Crippen LogP contribution >= 0.6 is 0 Å². The number of methoxy groups -OCH3 is 2. The first-order chi connectivity index (χ1) is 10.7. The molecule has 0 atom stereocenters. The van der Waals surface area contributed by atoms with Crippen molar-refractivity contribution in [3.63, 3.8) is 0 Å². The van der Waals surface area contributed by atoms with Crippen LogP contribution in [0.15, 0.2) is 42.5 Å². The van der Waals surface area contributed by atoms with Crippen molar-refractivity contribution < 1.29 is 19.5 Å². The molecule has 0 saturated carbocycles. The number of hydrogen-bond donors (Lipinski definition) is 1. The standard InChI is InChI=1S/C17H15NO4/c1-21-12-7-8-16(22-2)11(9-12)10-14-13-5-3-4-6-15(13)18(20)17(14)19/h3-10,20H,1-2H3/b14-10+. The molecule has 1 aliphatic rings. The van der Waals surface area contributed by atoms with Gasteiger partial charge in [0.15, 0.2) is 0 Å². The first-order valence-electron chi connectivity index (χ1n) is 6.72. The van der Waals surface area contributed by atoms with Gasteiger partial charge in [0.05, 0.1) is 25.5 Å². The summed E-state index contributed by atoms with van der Waals surface area (Å²) in [6.45, 7) is 0. The highest BCUT2D eigenvalue weighted by Crippen LogP contribution is 2.38. The Hall–Kier alpha value is -2.79. The molecule has 5 nitrogen and oxygen atoms in total. The van der Waals surface area contributed by atoms with Gasteiger partial charge in [-0.3, -0.25) is 10.0 Å². The van der Waals surface area contributed by atoms with Gasteiger partial charge in [0, 0.05) is 11.1 Å². The Morgan fingerprint density at radius 1 is 1.09 bits per heavy atom. The topological polar surface area (TPSA) is 59.0 Å². The normalized spacial score (nSPS) is 15.1. The van der Waals surface area contributed by atoms with Crippen LogP contribution in [-0.4, -0.2) is 25.3 Å². The molecule has 1 N–H and O–H groups in total. The minimum Gasteiger partial charge on any atom is -0.497 e. The van der Waals surface area contributed by atoms with E-state index in [9.17, 15) is 10.0 Å². The number of ether oxygens (including phenoxy) is 2. The van der Waals surface area contributed by atoms with E-state index in [2.05, 4.69) is 0 Å². The third kappa shape index (κ3) is 2.21. The summed E-state index contributed by atoms with van der Waals surface area (Å²) in [7, 11) is 3.14. The number of rotatable bonds is 3. The number of carbonyl (C=O) groups excluding carboxylic acids is 1. The molecule has 0 radical (unpaired) electrons. The van der Waals surface area contributed by atoms with E-state index in [0.29, 0.717) is 38.9 Å². The maximum absolute atomic E-state index is 12.3. The van der Waals surface area contributed by atoms with E-state index in [1.54, 1.807) is 56.7 Å². The van der Waals surface area contributed by atoms with E-state index >= 15 is 0 Å². The van der Waals surface area contributed by atoms with Gasteiger partial charge >= 0.3 is 0 Å². The summed E-state index contributed by atoms with van der Waals surface area (Å²) < 4.78 is 10.5. The van der Waals surface area contributed by atoms with Crippen LogP contribution in [0.4, 0.5) is 5.69 Å². The lowest BCUT2D eigenvalue weighted by Gasteiger charge is -2.08. The quantitative estimate of drug-likeness (QED) is 0.699. The number of hydrogen-bond acceptors (Lipinski definition) is 4. The molecule has 2 aromatic carbocycles. The summed E-state index contributed by atoms with van der Waals surface area (Å²) in [5, 5.41) is 10.6. The molecule has 5 heteroatoms. The maximum atomic E-state index is 12.3. The van der Waals surface area contributed by atoms with Crippen LogP contribution in [0.5, 0.6) is 11.5 Å². The van der Waals surface area contributed by atoms with E-state index in [1.165, 1.54) is 0 Å². The van der Waals surface area contributed by atoms with E-state index in [-0.39, 0.29) is 0 Å². The number of nitrogens with zero attached hydrogens (tertiary/aromatic N) is 1. The Morgan fingerprint density at radius 3 is 2.59 bits per heavy atom. The molecule has 1 heterocycles. The van der Waals surface area contributed by atoms with Gasteiger partial charge in [0.1, 0.15) is 11.5 Å². The third-order valence-corrected chi connectivity index (χ3v) is 3.58. The Labute approximate surface area is 128 Å². The molecule has 1 aliphatic heterocycles. The van der Waals surface area contributed by atoms with Gasteiger partial charge in [-0.05, 0) is 30.3 Å². The number of benzene rings is 2. The Morgan fingerprint density at radius 2 is 1.86 bits per heavy atom. The summed E-state index contributed by atoms with van der Waals surface area (Å²) in [6, 6.07) is 12.4. The molecule has 0 bridgehead atoms. The number of carbonyl (C=O) groups is 1. The first kappa shape index (κ1) is 14.2. The van der Waals surface area contributed by atoms with E-state index in [0.717, 1.165) is 0 Å². The largest absolute Gasteiger partial charge is 0.497 e. The fraction of sp³-hybridized carbons (Fsp3) is 0.118. The zero-order valence-electron chi connectivity index (χ0n) is 12.2. The van der Waals surface area contributed by atoms with Crippen molar-refractivity contribution in [2.75, 3.05) is 19.3 Å². The van der Waals surface area contributed by atoms with Gasteiger partial charge in [-0.25, -0.2) is 0 Å². The first-order valence-corrected chi connectivity index (χ1v) is 6.72. The molecular formula is C17H15NO4. The molecule has 0 spiro atoms. The van der Waals surface area contributed by atoms with Crippen molar-refractivity contribution in [2.24, 2.45) is 0 Å². The summed E-state index contributed by atoms with van der Waals surface area (Å²) >= 11 is 0. The minimum absolute atomic E-state index is 0.407. The molecule has 0 aromatic heterocycles. The van der Waals surface area contributed by atoms with Crippen molar-refractivity contribution in [2.45, 2.75) is 0 Å². The zero-order valence-corrected chi connectivity index (χ0v) is 12.2. The Balaban J connectivity index is 2.15. The van der Waals surface area contributed by atoms with Crippen molar-refractivity contribution in [3.05, 3.63) is 53.6 Å². The molecule has 112 valence electrons. The highest BCUT2D eigenvalue weighted by Gasteiger charge is 2.31. The highest BCUT2D eigenvalue weighted by molar-refractivity contribution is 6.35. The van der Waals surface area contributed by atoms with Gasteiger partial charge < -0.3 is 9.47 Å². The van der Waals surface area contributed by atoms with Crippen molar-refractivity contribution in [1.29, 1.82) is 0 Å². The molecule has 0 fully saturated rings. The molecule has 22 heavy (non-hydrogen) atoms. The van der Waals surface area contributed by atoms with Crippen LogP contribution in [-0.2, 0) is 4.79 Å². The van der Waals surface area contributed by atoms with Gasteiger partial charge in [-0.1, -0.05) is 18.2 Å². The summed E-state index contributed by atoms with van der Waals surface area (Å²) in [5.41, 5.74) is 2.26. The van der Waals surface area contributed by atoms with E-state index in [1.807, 2.05) is 6.07 Å². The number of anilines is 1. The summed E-state index contributed by atoms with van der Waals surface area (Å²) in [6.07, 6.45) is 1.69. The average Bonchev–Trinajstić information content (AvgIpc) is 2.80. The molecule has 0 unspecified atom stereocenters. The summed E-state index contributed by atoms with van der Waals surface area (Å²) in [5.74, 6) is 0.813. The lowest BCUT2D eigenvalue weighted by atomic mass is 10.0. The maximum Gasteiger partial charge on any atom is 0.282 e. The van der Waals surface area contributed by atoms with Gasteiger partial charge in [0.2, 0.25) is 0 Å². The van der Waals surface area contributed by atoms with Crippen LogP contribution in [0.3, 0.4) is 0 Å². The van der Waals surface area contributed by atoms with Gasteiger partial charge in [-0.2, -0.15) is 5.06 Å². The Kier molecular flexibility index (Phi) is 3.56. The minimum atomic E-state index is -0.467. The second-order valence-electron chi connectivity index (χ2n) is 4.80. The molecule has 0 aliphatic carbocycles. The molecule has 2 aromatic rings. The summed E-state index contributed by atoms with van der Waals surface area (Å²) in [4.78, 5) is 12.3. The second-order valence-corrected chi connectivity index (χ2v) is 4.80. The van der Waals surface area contributed by atoms with Gasteiger partial charge in [-0.15, -0.1) is 0 Å². The van der Waals surface area contributed by atoms with Gasteiger partial charge in [0.25, 0.3) is 5.91 Å². The zero-order chi connectivity index (χ0) is 15.7. The van der Waals surface area contributed by atoms with Crippen LogP contribution in [0.25, 0.3) is 11.6 Å². The molecule has 3 rings (SSSR count). The smallest absolute Gasteiger partial charge is 0.282 e. The highest BCUT2D eigenvalue weighted by atomic mass is 16.5. The molecular weight excluding hydrogens is 282 g/mol. The Bertz CT molecular complexity index is 767. The molecule has 0 saturated heterocycles. The third-order valence-electron chi connectivity index (χ3n) is 3.58. The molecule has 1 amide bonds. The average molecular weight is 297 g/mol. The predicted molar refractivity (Wildman–Crippen MR) is 83.1 cm³/mol. The SMILES string of the molecule is COc1ccc(OC)c(/C=C2/C(=O)N(O)c3ccccc32)c1. The monoisotopic (exact) mass is 297 g/mol. The number of para-hydroxylation sites is 1. The van der Waals surface area contributed by atoms with Crippen molar-refractivity contribution in [1.82, 2.24) is 0 Å². The van der Waals surface area contributed by atoms with Crippen LogP contribution < -0.4 is 14.5 Å². The fourth-order valence-corrected chi connectivity index (χ4v) is 2.47. The van der Waals surface area contributed by atoms with E-state index in [4.69, 9.17) is 9.47 Å². The van der Waals surface area contributed by atoms with Crippen molar-refractivity contribution in [3.8, 4) is 11.5 Å². The van der Waals surface area contributed by atoms with Crippen molar-refractivity contribution >= 4 is 23.2 Å². The van der Waals surface area contributed by atoms with E-state index < -0.39 is 5.91 Å². The fourth-order valence-electron chi connectivity index (χ4n) is 2.47.